The maximum absolute atomic E-state index is 12.2. The zero-order chi connectivity index (χ0) is 18.8. The van der Waals surface area contributed by atoms with E-state index in [2.05, 4.69) is 30.6 Å². The molecule has 0 spiro atoms. The van der Waals surface area contributed by atoms with Crippen molar-refractivity contribution in [2.45, 2.75) is 6.92 Å². The molecular formula is C18H16N6O2S. The molecule has 1 amide bonds. The number of fused-ring (bicyclic) bond motifs is 1. The molecule has 0 fully saturated rings. The standard InChI is InChI=1S/C18H16N6O2S/c1-2-19-17-21-12(9-15(25)23-17)10-5-6-11-13(8-10)22-18(20-11)24-16(26)14-4-3-7-27-14/h3-9H,2H2,1H3,(H2,19,21,23,25)(H2,20,22,24,26). The second kappa shape index (κ2) is 7.04. The SMILES string of the molecule is CCNc1nc(-c2ccc3nc(NC(=O)c4cccs4)[nH]c3c2)cc(=O)[nH]1. The second-order valence-electron chi connectivity index (χ2n) is 5.76. The lowest BCUT2D eigenvalue weighted by Gasteiger charge is -2.05. The third kappa shape index (κ3) is 3.58. The van der Waals surface area contributed by atoms with Gasteiger partial charge in [-0.25, -0.2) is 9.97 Å². The lowest BCUT2D eigenvalue weighted by atomic mass is 10.1. The first kappa shape index (κ1) is 17.0. The van der Waals surface area contributed by atoms with Crippen molar-refractivity contribution in [3.05, 3.63) is 57.0 Å². The molecule has 0 aliphatic carbocycles. The van der Waals surface area contributed by atoms with Crippen LogP contribution in [-0.2, 0) is 0 Å². The average Bonchev–Trinajstić information content (AvgIpc) is 3.30. The van der Waals surface area contributed by atoms with Crippen LogP contribution >= 0.6 is 11.3 Å². The summed E-state index contributed by atoms with van der Waals surface area (Å²) in [6, 6.07) is 10.5. The number of anilines is 2. The van der Waals surface area contributed by atoms with Crippen LogP contribution in [0, 0.1) is 0 Å². The van der Waals surface area contributed by atoms with Gasteiger partial charge < -0.3 is 10.3 Å². The number of nitrogens with one attached hydrogen (secondary N) is 4. The number of imidazole rings is 1. The van der Waals surface area contributed by atoms with Gasteiger partial charge in [-0.05, 0) is 30.5 Å². The van der Waals surface area contributed by atoms with E-state index in [9.17, 15) is 9.59 Å². The van der Waals surface area contributed by atoms with Gasteiger partial charge in [0.1, 0.15) is 0 Å². The zero-order valence-corrected chi connectivity index (χ0v) is 15.2. The molecular weight excluding hydrogens is 364 g/mol. The second-order valence-corrected chi connectivity index (χ2v) is 6.71. The maximum Gasteiger partial charge on any atom is 0.268 e. The Balaban J connectivity index is 1.65. The number of hydrogen-bond donors (Lipinski definition) is 4. The van der Waals surface area contributed by atoms with Gasteiger partial charge in [0.05, 0.1) is 21.6 Å². The number of amides is 1. The van der Waals surface area contributed by atoms with Gasteiger partial charge in [0.15, 0.2) is 0 Å². The van der Waals surface area contributed by atoms with E-state index < -0.39 is 0 Å². The number of nitrogens with zero attached hydrogens (tertiary/aromatic N) is 2. The summed E-state index contributed by atoms with van der Waals surface area (Å²) in [5.41, 5.74) is 2.53. The van der Waals surface area contributed by atoms with Crippen molar-refractivity contribution in [1.82, 2.24) is 19.9 Å². The maximum atomic E-state index is 12.2. The Morgan fingerprint density at radius 1 is 1.15 bits per heavy atom. The highest BCUT2D eigenvalue weighted by Gasteiger charge is 2.11. The van der Waals surface area contributed by atoms with Crippen molar-refractivity contribution in [2.24, 2.45) is 0 Å². The Morgan fingerprint density at radius 3 is 2.81 bits per heavy atom. The molecule has 0 atom stereocenters. The summed E-state index contributed by atoms with van der Waals surface area (Å²) in [6.45, 7) is 2.58. The van der Waals surface area contributed by atoms with Gasteiger partial charge >= 0.3 is 0 Å². The molecule has 4 rings (SSSR count). The van der Waals surface area contributed by atoms with Crippen LogP contribution in [0.4, 0.5) is 11.9 Å². The minimum Gasteiger partial charge on any atom is -0.356 e. The first-order valence-corrected chi connectivity index (χ1v) is 9.20. The molecule has 4 aromatic rings. The summed E-state index contributed by atoms with van der Waals surface area (Å²) in [4.78, 5) is 39.2. The third-order valence-electron chi connectivity index (χ3n) is 3.84. The molecule has 3 aromatic heterocycles. The molecule has 27 heavy (non-hydrogen) atoms. The highest BCUT2D eigenvalue weighted by molar-refractivity contribution is 7.12. The Labute approximate surface area is 157 Å². The van der Waals surface area contributed by atoms with Gasteiger partial charge in [-0.1, -0.05) is 12.1 Å². The molecule has 9 heteroatoms. The Hall–Kier alpha value is -3.46. The van der Waals surface area contributed by atoms with Gasteiger partial charge in [-0.2, -0.15) is 0 Å². The van der Waals surface area contributed by atoms with Crippen LogP contribution in [0.2, 0.25) is 0 Å². The Morgan fingerprint density at radius 2 is 2.04 bits per heavy atom. The molecule has 4 N–H and O–H groups in total. The molecule has 0 saturated heterocycles. The molecule has 0 radical (unpaired) electrons. The quantitative estimate of drug-likeness (QED) is 0.425. The van der Waals surface area contributed by atoms with Crippen LogP contribution in [0.15, 0.2) is 46.6 Å². The summed E-state index contributed by atoms with van der Waals surface area (Å²) in [6.07, 6.45) is 0. The van der Waals surface area contributed by atoms with Crippen molar-refractivity contribution in [3.8, 4) is 11.3 Å². The number of benzene rings is 1. The molecule has 3 heterocycles. The first-order valence-electron chi connectivity index (χ1n) is 8.32. The van der Waals surface area contributed by atoms with Crippen LogP contribution < -0.4 is 16.2 Å². The van der Waals surface area contributed by atoms with Crippen molar-refractivity contribution < 1.29 is 4.79 Å². The van der Waals surface area contributed by atoms with Gasteiger partial charge in [0, 0.05) is 18.2 Å². The van der Waals surface area contributed by atoms with E-state index in [4.69, 9.17) is 0 Å². The van der Waals surface area contributed by atoms with Crippen molar-refractivity contribution in [2.75, 3.05) is 17.2 Å². The summed E-state index contributed by atoms with van der Waals surface area (Å²) in [5.74, 6) is 0.581. The molecule has 0 saturated carbocycles. The highest BCUT2D eigenvalue weighted by atomic mass is 32.1. The molecule has 0 bridgehead atoms. The van der Waals surface area contributed by atoms with Gasteiger partial charge in [0.2, 0.25) is 11.9 Å². The molecule has 0 unspecified atom stereocenters. The van der Waals surface area contributed by atoms with E-state index in [1.54, 1.807) is 6.07 Å². The number of carbonyl (C=O) groups is 1. The lowest BCUT2D eigenvalue weighted by Crippen LogP contribution is -2.12. The zero-order valence-electron chi connectivity index (χ0n) is 14.4. The van der Waals surface area contributed by atoms with Gasteiger partial charge in [-0.3, -0.25) is 19.9 Å². The first-order chi connectivity index (χ1) is 13.1. The average molecular weight is 380 g/mol. The number of rotatable bonds is 5. The van der Waals surface area contributed by atoms with Crippen LogP contribution in [-0.4, -0.2) is 32.4 Å². The molecule has 136 valence electrons. The van der Waals surface area contributed by atoms with E-state index in [1.807, 2.05) is 36.6 Å². The molecule has 0 aliphatic heterocycles. The van der Waals surface area contributed by atoms with E-state index >= 15 is 0 Å². The van der Waals surface area contributed by atoms with E-state index in [1.165, 1.54) is 17.4 Å². The predicted molar refractivity (Wildman–Crippen MR) is 106 cm³/mol. The summed E-state index contributed by atoms with van der Waals surface area (Å²) in [5, 5.41) is 7.60. The highest BCUT2D eigenvalue weighted by Crippen LogP contribution is 2.23. The van der Waals surface area contributed by atoms with Crippen LogP contribution in [0.5, 0.6) is 0 Å². The van der Waals surface area contributed by atoms with E-state index in [-0.39, 0.29) is 11.5 Å². The minimum absolute atomic E-state index is 0.212. The van der Waals surface area contributed by atoms with E-state index in [0.29, 0.717) is 34.5 Å². The largest absolute Gasteiger partial charge is 0.356 e. The summed E-state index contributed by atoms with van der Waals surface area (Å²) < 4.78 is 0. The van der Waals surface area contributed by atoms with Crippen LogP contribution in [0.25, 0.3) is 22.3 Å². The molecule has 0 aliphatic rings. The fourth-order valence-electron chi connectivity index (χ4n) is 2.66. The monoisotopic (exact) mass is 380 g/mol. The fourth-order valence-corrected chi connectivity index (χ4v) is 3.28. The summed E-state index contributed by atoms with van der Waals surface area (Å²) in [7, 11) is 0. The van der Waals surface area contributed by atoms with Crippen molar-refractivity contribution in [3.63, 3.8) is 0 Å². The summed E-state index contributed by atoms with van der Waals surface area (Å²) >= 11 is 1.36. The van der Waals surface area contributed by atoms with Crippen molar-refractivity contribution in [1.29, 1.82) is 0 Å². The number of hydrogen-bond acceptors (Lipinski definition) is 6. The normalized spacial score (nSPS) is 10.9. The van der Waals surface area contributed by atoms with Gasteiger partial charge in [-0.15, -0.1) is 11.3 Å². The van der Waals surface area contributed by atoms with E-state index in [0.717, 1.165) is 11.1 Å². The molecule has 8 nitrogen and oxygen atoms in total. The topological polar surface area (TPSA) is 116 Å². The smallest absolute Gasteiger partial charge is 0.268 e. The molecule has 1 aromatic carbocycles. The number of thiophene rings is 1. The minimum atomic E-state index is -0.232. The van der Waals surface area contributed by atoms with Crippen LogP contribution in [0.3, 0.4) is 0 Å². The Bertz CT molecular complexity index is 1160. The fraction of sp³-hybridized carbons (Fsp3) is 0.111. The van der Waals surface area contributed by atoms with Crippen molar-refractivity contribution >= 4 is 40.2 Å². The number of carbonyl (C=O) groups excluding carboxylic acids is 1. The van der Waals surface area contributed by atoms with Gasteiger partial charge in [0.25, 0.3) is 11.5 Å². The number of aromatic amines is 2. The third-order valence-corrected chi connectivity index (χ3v) is 4.71. The predicted octanol–water partition coefficient (Wildman–Crippen LogP) is 3.06. The lowest BCUT2D eigenvalue weighted by molar-refractivity contribution is 0.103. The van der Waals surface area contributed by atoms with Crippen LogP contribution in [0.1, 0.15) is 16.6 Å². The Kier molecular flexibility index (Phi) is 4.43. The number of H-pyrrole nitrogens is 2. The number of aromatic nitrogens is 4.